The monoisotopic (exact) mass is 481 g/mol. The summed E-state index contributed by atoms with van der Waals surface area (Å²) >= 11 is 0. The van der Waals surface area contributed by atoms with Gasteiger partial charge in [0.25, 0.3) is 5.91 Å². The topological polar surface area (TPSA) is 61.9 Å². The van der Waals surface area contributed by atoms with Crippen molar-refractivity contribution in [1.29, 1.82) is 0 Å². The number of benzene rings is 2. The van der Waals surface area contributed by atoms with Crippen molar-refractivity contribution < 1.29 is 14.3 Å². The molecule has 1 fully saturated rings. The number of rotatable bonds is 8. The summed E-state index contributed by atoms with van der Waals surface area (Å²) in [6, 6.07) is 13.8. The smallest absolute Gasteiger partial charge is 0.308 e. The molecule has 1 N–H and O–H groups in total. The first-order valence-corrected chi connectivity index (χ1v) is 13.1. The summed E-state index contributed by atoms with van der Waals surface area (Å²) in [6.07, 6.45) is 2.61. The predicted octanol–water partition coefficient (Wildman–Crippen LogP) is 6.29. The minimum atomic E-state index is -0.117. The molecule has 35 heavy (non-hydrogen) atoms. The number of anilines is 3. The van der Waals surface area contributed by atoms with Crippen molar-refractivity contribution in [2.75, 3.05) is 47.9 Å². The Kier molecular flexibility index (Phi) is 11.6. The van der Waals surface area contributed by atoms with E-state index in [4.69, 9.17) is 4.74 Å². The van der Waals surface area contributed by atoms with E-state index in [1.165, 1.54) is 5.56 Å². The Morgan fingerprint density at radius 2 is 1.69 bits per heavy atom. The molecule has 1 atom stereocenters. The molecule has 1 amide bonds. The Bertz CT molecular complexity index is 939. The molecule has 1 saturated heterocycles. The number of carbonyl (C=O) groups is 2. The zero-order valence-electron chi connectivity index (χ0n) is 22.4. The molecule has 1 aliphatic rings. The van der Waals surface area contributed by atoms with Gasteiger partial charge in [-0.25, -0.2) is 0 Å². The molecule has 6 nitrogen and oxygen atoms in total. The van der Waals surface area contributed by atoms with E-state index in [1.54, 1.807) is 0 Å². The maximum Gasteiger partial charge on any atom is 0.308 e. The normalized spacial score (nSPS) is 15.4. The first-order valence-electron chi connectivity index (χ1n) is 13.1. The van der Waals surface area contributed by atoms with Crippen molar-refractivity contribution in [3.63, 3.8) is 0 Å². The molecule has 1 aliphatic heterocycles. The maximum atomic E-state index is 12.9. The van der Waals surface area contributed by atoms with E-state index in [0.29, 0.717) is 12.2 Å². The molecule has 3 rings (SSSR count). The highest BCUT2D eigenvalue weighted by atomic mass is 16.5. The lowest BCUT2D eigenvalue weighted by atomic mass is 10.0. The van der Waals surface area contributed by atoms with Crippen LogP contribution in [0, 0.1) is 12.8 Å². The zero-order valence-corrected chi connectivity index (χ0v) is 22.4. The lowest BCUT2D eigenvalue weighted by Crippen LogP contribution is -2.25. The summed E-state index contributed by atoms with van der Waals surface area (Å²) in [7, 11) is 0. The van der Waals surface area contributed by atoms with Crippen LogP contribution in [0.2, 0.25) is 0 Å². The van der Waals surface area contributed by atoms with Gasteiger partial charge < -0.3 is 19.9 Å². The number of aryl methyl sites for hydroxylation is 1. The summed E-state index contributed by atoms with van der Waals surface area (Å²) in [4.78, 5) is 29.5. The highest BCUT2D eigenvalue weighted by Gasteiger charge is 2.24. The second kappa shape index (κ2) is 14.4. The molecule has 6 heteroatoms. The summed E-state index contributed by atoms with van der Waals surface area (Å²) < 4.78 is 5.20. The number of ether oxygens (including phenoxy) is 1. The van der Waals surface area contributed by atoms with Gasteiger partial charge in [0.1, 0.15) is 0 Å². The average Bonchev–Trinajstić information content (AvgIpc) is 3.14. The number of nitrogens with zero attached hydrogens (tertiary/aromatic N) is 2. The van der Waals surface area contributed by atoms with E-state index in [0.717, 1.165) is 62.5 Å². The van der Waals surface area contributed by atoms with Crippen molar-refractivity contribution in [2.45, 2.75) is 60.8 Å². The van der Waals surface area contributed by atoms with Gasteiger partial charge in [-0.05, 0) is 88.9 Å². The highest BCUT2D eigenvalue weighted by Crippen LogP contribution is 2.26. The Hall–Kier alpha value is -3.02. The fourth-order valence-electron chi connectivity index (χ4n) is 4.47. The Labute approximate surface area is 211 Å². The van der Waals surface area contributed by atoms with Crippen LogP contribution in [0.5, 0.6) is 0 Å². The van der Waals surface area contributed by atoms with Crippen LogP contribution < -0.4 is 15.1 Å². The van der Waals surface area contributed by atoms with E-state index in [9.17, 15) is 9.59 Å². The number of hydrogen-bond donors (Lipinski definition) is 1. The van der Waals surface area contributed by atoms with E-state index in [2.05, 4.69) is 42.0 Å². The first kappa shape index (κ1) is 28.2. The van der Waals surface area contributed by atoms with E-state index in [1.807, 2.05) is 57.2 Å². The first-order chi connectivity index (χ1) is 17.0. The van der Waals surface area contributed by atoms with Crippen LogP contribution in [0.4, 0.5) is 17.1 Å². The SMILES string of the molecule is CC.CCOC(=O)C1CCCN(c2ccc(C(=O)Nc3ccc(C)c(N(CC)CC)c3)cc2)CC1. The highest BCUT2D eigenvalue weighted by molar-refractivity contribution is 6.04. The molecule has 0 aliphatic carbocycles. The van der Waals surface area contributed by atoms with Gasteiger partial charge >= 0.3 is 5.97 Å². The van der Waals surface area contributed by atoms with Crippen LogP contribution >= 0.6 is 0 Å². The van der Waals surface area contributed by atoms with Crippen molar-refractivity contribution in [2.24, 2.45) is 5.92 Å². The van der Waals surface area contributed by atoms with E-state index in [-0.39, 0.29) is 17.8 Å². The zero-order chi connectivity index (χ0) is 25.8. The van der Waals surface area contributed by atoms with Crippen LogP contribution in [0.3, 0.4) is 0 Å². The third kappa shape index (κ3) is 7.74. The Balaban J connectivity index is 0.00000210. The maximum absolute atomic E-state index is 12.9. The molecule has 1 unspecified atom stereocenters. The molecule has 2 aromatic rings. The summed E-state index contributed by atoms with van der Waals surface area (Å²) in [6.45, 7) is 16.2. The number of amides is 1. The summed E-state index contributed by atoms with van der Waals surface area (Å²) in [5, 5.41) is 3.04. The number of carbonyl (C=O) groups excluding carboxylic acids is 2. The molecular weight excluding hydrogens is 438 g/mol. The molecule has 2 aromatic carbocycles. The Morgan fingerprint density at radius 3 is 2.31 bits per heavy atom. The molecule has 192 valence electrons. The van der Waals surface area contributed by atoms with Gasteiger partial charge in [-0.2, -0.15) is 0 Å². The van der Waals surface area contributed by atoms with Crippen LogP contribution in [-0.2, 0) is 9.53 Å². The van der Waals surface area contributed by atoms with Gasteiger partial charge in [0, 0.05) is 48.8 Å². The third-order valence-electron chi connectivity index (χ3n) is 6.41. The quantitative estimate of drug-likeness (QED) is 0.449. The second-order valence-electron chi connectivity index (χ2n) is 8.54. The molecule has 0 radical (unpaired) electrons. The molecule has 0 bridgehead atoms. The van der Waals surface area contributed by atoms with Gasteiger partial charge in [-0.1, -0.05) is 19.9 Å². The van der Waals surface area contributed by atoms with Gasteiger partial charge in [-0.15, -0.1) is 0 Å². The molecule has 0 aromatic heterocycles. The average molecular weight is 482 g/mol. The molecule has 1 heterocycles. The summed E-state index contributed by atoms with van der Waals surface area (Å²) in [5.74, 6) is -0.212. The lowest BCUT2D eigenvalue weighted by molar-refractivity contribution is -0.148. The van der Waals surface area contributed by atoms with Gasteiger partial charge in [0.15, 0.2) is 0 Å². The van der Waals surface area contributed by atoms with Crippen LogP contribution in [0.25, 0.3) is 0 Å². The number of nitrogens with one attached hydrogen (secondary N) is 1. The molecular formula is C29H43N3O3. The minimum Gasteiger partial charge on any atom is -0.466 e. The van der Waals surface area contributed by atoms with Crippen molar-refractivity contribution in [1.82, 2.24) is 0 Å². The number of esters is 1. The van der Waals surface area contributed by atoms with Crippen LogP contribution in [0.15, 0.2) is 42.5 Å². The fourth-order valence-corrected chi connectivity index (χ4v) is 4.47. The van der Waals surface area contributed by atoms with Crippen molar-refractivity contribution in [3.8, 4) is 0 Å². The van der Waals surface area contributed by atoms with Crippen molar-refractivity contribution >= 4 is 28.9 Å². The van der Waals surface area contributed by atoms with Crippen LogP contribution in [0.1, 0.15) is 69.8 Å². The largest absolute Gasteiger partial charge is 0.466 e. The van der Waals surface area contributed by atoms with E-state index < -0.39 is 0 Å². The molecule has 0 saturated carbocycles. The fraction of sp³-hybridized carbons (Fsp3) is 0.517. The van der Waals surface area contributed by atoms with E-state index >= 15 is 0 Å². The lowest BCUT2D eigenvalue weighted by Gasteiger charge is -2.24. The predicted molar refractivity (Wildman–Crippen MR) is 147 cm³/mol. The second-order valence-corrected chi connectivity index (χ2v) is 8.54. The van der Waals surface area contributed by atoms with Gasteiger partial charge in [0.2, 0.25) is 0 Å². The van der Waals surface area contributed by atoms with Crippen molar-refractivity contribution in [3.05, 3.63) is 53.6 Å². The minimum absolute atomic E-state index is 0.0178. The van der Waals surface area contributed by atoms with Gasteiger partial charge in [-0.3, -0.25) is 9.59 Å². The standard InChI is InChI=1S/C27H37N3O3.C2H6/c1-5-29(6-2)25-19-23(13-10-20(25)4)28-26(31)21-11-14-24(15-12-21)30-17-8-9-22(16-18-30)27(32)33-7-3;1-2/h10-15,19,22H,5-9,16-18H2,1-4H3,(H,28,31);1-2H3. The summed E-state index contributed by atoms with van der Waals surface area (Å²) in [5.41, 5.74) is 4.85. The Morgan fingerprint density at radius 1 is 1.00 bits per heavy atom. The third-order valence-corrected chi connectivity index (χ3v) is 6.41. The number of hydrogen-bond acceptors (Lipinski definition) is 5. The molecule has 0 spiro atoms. The van der Waals surface area contributed by atoms with Gasteiger partial charge in [0.05, 0.1) is 12.5 Å². The van der Waals surface area contributed by atoms with Crippen LogP contribution in [-0.4, -0.2) is 44.7 Å².